The van der Waals surface area contributed by atoms with Gasteiger partial charge < -0.3 is 20.1 Å². The SMILES string of the molecule is NC(=O)c1cc(N2CCN(c3cc(C(F)(F)F)ccc3Cl)CC2)no1. The molecule has 0 unspecified atom stereocenters. The third-order valence-electron chi connectivity index (χ3n) is 3.96. The Bertz CT molecular complexity index is 785. The highest BCUT2D eigenvalue weighted by Gasteiger charge is 2.32. The number of nitrogens with zero attached hydrogens (tertiary/aromatic N) is 3. The van der Waals surface area contributed by atoms with E-state index in [1.165, 1.54) is 12.1 Å². The van der Waals surface area contributed by atoms with Gasteiger partial charge in [0, 0.05) is 32.2 Å². The highest BCUT2D eigenvalue weighted by atomic mass is 35.5. The van der Waals surface area contributed by atoms with Crippen LogP contribution in [0.2, 0.25) is 5.02 Å². The maximum absolute atomic E-state index is 12.9. The molecule has 3 rings (SSSR count). The van der Waals surface area contributed by atoms with E-state index in [4.69, 9.17) is 21.9 Å². The first-order valence-corrected chi connectivity index (χ1v) is 7.76. The zero-order valence-electron chi connectivity index (χ0n) is 12.9. The number of piperazine rings is 1. The van der Waals surface area contributed by atoms with Crippen LogP contribution >= 0.6 is 11.6 Å². The van der Waals surface area contributed by atoms with Gasteiger partial charge in [-0.2, -0.15) is 13.2 Å². The molecule has 2 N–H and O–H groups in total. The molecule has 0 aliphatic carbocycles. The fourth-order valence-electron chi connectivity index (χ4n) is 2.64. The molecule has 2 aromatic rings. The van der Waals surface area contributed by atoms with Crippen molar-refractivity contribution in [1.82, 2.24) is 5.16 Å². The Labute approximate surface area is 145 Å². The Kier molecular flexibility index (Phi) is 4.51. The lowest BCUT2D eigenvalue weighted by Gasteiger charge is -2.36. The van der Waals surface area contributed by atoms with E-state index in [0.717, 1.165) is 12.1 Å². The number of anilines is 2. The summed E-state index contributed by atoms with van der Waals surface area (Å²) >= 11 is 6.07. The van der Waals surface area contributed by atoms with Gasteiger partial charge in [-0.15, -0.1) is 0 Å². The average Bonchev–Trinajstić information content (AvgIpc) is 3.05. The van der Waals surface area contributed by atoms with Crippen LogP contribution in [-0.2, 0) is 6.18 Å². The van der Waals surface area contributed by atoms with Crippen molar-refractivity contribution in [2.24, 2.45) is 5.73 Å². The molecule has 0 saturated carbocycles. The predicted molar refractivity (Wildman–Crippen MR) is 85.9 cm³/mol. The third kappa shape index (κ3) is 3.65. The summed E-state index contributed by atoms with van der Waals surface area (Å²) in [7, 11) is 0. The molecule has 1 aromatic carbocycles. The number of alkyl halides is 3. The minimum Gasteiger partial charge on any atom is -0.367 e. The number of halogens is 4. The molecule has 134 valence electrons. The topological polar surface area (TPSA) is 75.6 Å². The second-order valence-corrected chi connectivity index (χ2v) is 5.96. The van der Waals surface area contributed by atoms with Gasteiger partial charge in [-0.05, 0) is 18.2 Å². The number of nitrogens with two attached hydrogens (primary N) is 1. The van der Waals surface area contributed by atoms with Crippen LogP contribution in [0.15, 0.2) is 28.8 Å². The zero-order chi connectivity index (χ0) is 18.2. The number of aromatic nitrogens is 1. The van der Waals surface area contributed by atoms with Crippen LogP contribution in [0.3, 0.4) is 0 Å². The Morgan fingerprint density at radius 2 is 1.80 bits per heavy atom. The molecule has 0 spiro atoms. The summed E-state index contributed by atoms with van der Waals surface area (Å²) in [6.07, 6.45) is -4.42. The van der Waals surface area contributed by atoms with Crippen LogP contribution in [-0.4, -0.2) is 37.2 Å². The standard InChI is InChI=1S/C15H14ClF3N4O2/c16-10-2-1-9(15(17,18)19)7-11(10)22-3-5-23(6-4-22)13-8-12(14(20)24)25-21-13/h1-2,7-8H,3-6H2,(H2,20,24). The van der Waals surface area contributed by atoms with E-state index in [1.807, 2.05) is 4.90 Å². The van der Waals surface area contributed by atoms with Gasteiger partial charge >= 0.3 is 6.18 Å². The molecule has 25 heavy (non-hydrogen) atoms. The number of amides is 1. The van der Waals surface area contributed by atoms with E-state index >= 15 is 0 Å². The van der Waals surface area contributed by atoms with Gasteiger partial charge in [-0.25, -0.2) is 0 Å². The van der Waals surface area contributed by atoms with Crippen molar-refractivity contribution in [3.05, 3.63) is 40.6 Å². The number of primary amides is 1. The van der Waals surface area contributed by atoms with Crippen LogP contribution in [0.5, 0.6) is 0 Å². The number of benzene rings is 1. The summed E-state index contributed by atoms with van der Waals surface area (Å²) in [6.45, 7) is 1.86. The zero-order valence-corrected chi connectivity index (χ0v) is 13.6. The molecule has 0 bridgehead atoms. The van der Waals surface area contributed by atoms with E-state index in [1.54, 1.807) is 4.90 Å². The first-order chi connectivity index (χ1) is 11.8. The van der Waals surface area contributed by atoms with Gasteiger partial charge in [0.15, 0.2) is 5.82 Å². The van der Waals surface area contributed by atoms with Crippen molar-refractivity contribution >= 4 is 29.0 Å². The monoisotopic (exact) mass is 374 g/mol. The van der Waals surface area contributed by atoms with Crippen LogP contribution in [0, 0.1) is 0 Å². The largest absolute Gasteiger partial charge is 0.416 e. The highest BCUT2D eigenvalue weighted by Crippen LogP contribution is 2.35. The summed E-state index contributed by atoms with van der Waals surface area (Å²) < 4.78 is 43.5. The first kappa shape index (κ1) is 17.4. The Hall–Kier alpha value is -2.42. The summed E-state index contributed by atoms with van der Waals surface area (Å²) in [4.78, 5) is 14.7. The molecule has 1 aromatic heterocycles. The predicted octanol–water partition coefficient (Wildman–Crippen LogP) is 2.77. The van der Waals surface area contributed by atoms with E-state index in [-0.39, 0.29) is 10.8 Å². The van der Waals surface area contributed by atoms with E-state index < -0.39 is 17.6 Å². The van der Waals surface area contributed by atoms with Crippen LogP contribution in [0.4, 0.5) is 24.7 Å². The third-order valence-corrected chi connectivity index (χ3v) is 4.28. The van der Waals surface area contributed by atoms with Crippen LogP contribution in [0.25, 0.3) is 0 Å². The summed E-state index contributed by atoms with van der Waals surface area (Å²) in [5.74, 6) is -0.296. The molecule has 0 radical (unpaired) electrons. The molecular formula is C15H14ClF3N4O2. The van der Waals surface area contributed by atoms with E-state index in [2.05, 4.69) is 5.16 Å². The molecule has 1 saturated heterocycles. The minimum atomic E-state index is -4.42. The van der Waals surface area contributed by atoms with E-state index in [9.17, 15) is 18.0 Å². The average molecular weight is 375 g/mol. The Morgan fingerprint density at radius 1 is 1.16 bits per heavy atom. The first-order valence-electron chi connectivity index (χ1n) is 7.39. The number of rotatable bonds is 3. The molecule has 1 aliphatic rings. The molecule has 0 atom stereocenters. The van der Waals surface area contributed by atoms with Gasteiger partial charge in [-0.3, -0.25) is 4.79 Å². The summed E-state index contributed by atoms with van der Waals surface area (Å²) in [6, 6.07) is 4.71. The van der Waals surface area contributed by atoms with Gasteiger partial charge in [-0.1, -0.05) is 16.8 Å². The van der Waals surface area contributed by atoms with Gasteiger partial charge in [0.05, 0.1) is 16.3 Å². The molecule has 1 fully saturated rings. The quantitative estimate of drug-likeness (QED) is 0.894. The van der Waals surface area contributed by atoms with Crippen molar-refractivity contribution in [3.8, 4) is 0 Å². The number of carbonyl (C=O) groups is 1. The van der Waals surface area contributed by atoms with Crippen molar-refractivity contribution in [2.75, 3.05) is 36.0 Å². The van der Waals surface area contributed by atoms with Gasteiger partial charge in [0.1, 0.15) is 0 Å². The van der Waals surface area contributed by atoms with Crippen molar-refractivity contribution in [3.63, 3.8) is 0 Å². The lowest BCUT2D eigenvalue weighted by molar-refractivity contribution is -0.137. The molecule has 6 nitrogen and oxygen atoms in total. The normalized spacial score (nSPS) is 15.5. The maximum atomic E-state index is 12.9. The summed E-state index contributed by atoms with van der Waals surface area (Å²) in [5.41, 5.74) is 4.72. The van der Waals surface area contributed by atoms with Crippen LogP contribution < -0.4 is 15.5 Å². The summed E-state index contributed by atoms with van der Waals surface area (Å²) in [5, 5.41) is 4.04. The fourth-order valence-corrected chi connectivity index (χ4v) is 2.88. The molecular weight excluding hydrogens is 361 g/mol. The minimum absolute atomic E-state index is 0.0432. The second-order valence-electron chi connectivity index (χ2n) is 5.55. The molecule has 10 heteroatoms. The fraction of sp³-hybridized carbons (Fsp3) is 0.333. The maximum Gasteiger partial charge on any atom is 0.416 e. The van der Waals surface area contributed by atoms with Crippen molar-refractivity contribution < 1.29 is 22.5 Å². The number of hydrogen-bond acceptors (Lipinski definition) is 5. The molecule has 1 amide bonds. The Balaban J connectivity index is 1.73. The lowest BCUT2D eigenvalue weighted by atomic mass is 10.1. The number of carbonyl (C=O) groups excluding carboxylic acids is 1. The highest BCUT2D eigenvalue weighted by molar-refractivity contribution is 6.33. The Morgan fingerprint density at radius 3 is 2.36 bits per heavy atom. The van der Waals surface area contributed by atoms with Crippen molar-refractivity contribution in [1.29, 1.82) is 0 Å². The number of hydrogen-bond donors (Lipinski definition) is 1. The van der Waals surface area contributed by atoms with Gasteiger partial charge in [0.2, 0.25) is 5.76 Å². The smallest absolute Gasteiger partial charge is 0.367 e. The molecule has 1 aliphatic heterocycles. The second kappa shape index (κ2) is 6.47. The van der Waals surface area contributed by atoms with Crippen molar-refractivity contribution in [2.45, 2.75) is 6.18 Å². The molecule has 2 heterocycles. The van der Waals surface area contributed by atoms with Gasteiger partial charge in [0.25, 0.3) is 5.91 Å². The van der Waals surface area contributed by atoms with E-state index in [0.29, 0.717) is 37.7 Å². The van der Waals surface area contributed by atoms with Crippen LogP contribution in [0.1, 0.15) is 16.1 Å². The lowest BCUT2D eigenvalue weighted by Crippen LogP contribution is -2.46.